The van der Waals surface area contributed by atoms with Crippen molar-refractivity contribution in [1.29, 1.82) is 0 Å². The van der Waals surface area contributed by atoms with E-state index in [-0.39, 0.29) is 22.2 Å². The molecule has 0 N–H and O–H groups in total. The minimum atomic E-state index is -0.977. The number of nitrogens with zero attached hydrogens (tertiary/aromatic N) is 5. The van der Waals surface area contributed by atoms with E-state index in [1.165, 1.54) is 18.5 Å². The number of carbonyl (C=O) groups is 1. The van der Waals surface area contributed by atoms with E-state index in [4.69, 9.17) is 9.51 Å². The van der Waals surface area contributed by atoms with Crippen LogP contribution in [0, 0.1) is 10.8 Å². The van der Waals surface area contributed by atoms with Gasteiger partial charge in [-0.15, -0.1) is 0 Å². The Morgan fingerprint density at radius 1 is 1.02 bits per heavy atom. The molecule has 7 nitrogen and oxygen atoms in total. The zero-order valence-corrected chi connectivity index (χ0v) is 23.8. The summed E-state index contributed by atoms with van der Waals surface area (Å²) in [5.41, 5.74) is 1.26. The van der Waals surface area contributed by atoms with Crippen LogP contribution in [0.1, 0.15) is 94.7 Å². The molecule has 1 amide bonds. The van der Waals surface area contributed by atoms with Gasteiger partial charge in [-0.25, -0.2) is 4.39 Å². The van der Waals surface area contributed by atoms with Gasteiger partial charge in [-0.05, 0) is 107 Å². The lowest BCUT2D eigenvalue weighted by Crippen LogP contribution is -2.65. The molecule has 40 heavy (non-hydrogen) atoms. The summed E-state index contributed by atoms with van der Waals surface area (Å²) in [5.74, 6) is 2.46. The van der Waals surface area contributed by atoms with Crippen molar-refractivity contribution in [1.82, 2.24) is 15.0 Å². The van der Waals surface area contributed by atoms with Crippen LogP contribution >= 0.6 is 0 Å². The number of likely N-dealkylation sites (N-methyl/N-ethyl adjacent to an activating group) is 1. The summed E-state index contributed by atoms with van der Waals surface area (Å²) >= 11 is 0. The van der Waals surface area contributed by atoms with Gasteiger partial charge in [0.15, 0.2) is 5.82 Å². The Morgan fingerprint density at radius 3 is 2.38 bits per heavy atom. The largest absolute Gasteiger partial charge is 0.369 e. The molecule has 0 atom stereocenters. The number of fused-ring (bicyclic) bond motifs is 3. The van der Waals surface area contributed by atoms with Crippen LogP contribution < -0.4 is 9.80 Å². The summed E-state index contributed by atoms with van der Waals surface area (Å²) in [5, 5.41) is 4.33. The molecule has 8 heteroatoms. The summed E-state index contributed by atoms with van der Waals surface area (Å²) in [6.07, 6.45) is 10.9. The maximum Gasteiger partial charge on any atom is 0.232 e. The smallest absolute Gasteiger partial charge is 0.232 e. The number of rotatable bonds is 8. The number of benzene rings is 1. The van der Waals surface area contributed by atoms with Crippen LogP contribution in [0.25, 0.3) is 0 Å². The molecule has 8 fully saturated rings. The Kier molecular flexibility index (Phi) is 5.53. The average molecular weight is 548 g/mol. The van der Waals surface area contributed by atoms with Crippen molar-refractivity contribution in [3.63, 3.8) is 0 Å². The van der Waals surface area contributed by atoms with Crippen LogP contribution in [-0.2, 0) is 10.2 Å². The molecule has 214 valence electrons. The maximum atomic E-state index is 14.3. The first-order chi connectivity index (χ1) is 19.3. The molecule has 0 unspecified atom stereocenters. The standard InChI is InChI=1S/C32H42FN5O2/c1-36-13-15-37(16-14-36)24-3-2-4-25(17-24)38(26(39)18-30-19-32(33,20-30)21-30)22-29-7-10-31(11-8-29,12-9-29)28-34-27(35-40-28)23-5-6-23/h2-4,17,23H,5-16,18-22H2,1H3. The fraction of sp³-hybridized carbons (Fsp3) is 0.719. The first kappa shape index (κ1) is 25.2. The number of anilines is 2. The van der Waals surface area contributed by atoms with Crippen LogP contribution in [-0.4, -0.2) is 66.4 Å². The van der Waals surface area contributed by atoms with Crippen molar-refractivity contribution in [2.45, 2.75) is 94.1 Å². The molecule has 1 aromatic heterocycles. The zero-order valence-electron chi connectivity index (χ0n) is 23.8. The van der Waals surface area contributed by atoms with Gasteiger partial charge in [0.1, 0.15) is 5.67 Å². The number of hydrogen-bond acceptors (Lipinski definition) is 6. The van der Waals surface area contributed by atoms with Gasteiger partial charge in [0.2, 0.25) is 11.8 Å². The number of alkyl halides is 1. The number of halogens is 1. The molecule has 2 aromatic rings. The number of piperazine rings is 1. The Labute approximate surface area is 236 Å². The van der Waals surface area contributed by atoms with Gasteiger partial charge < -0.3 is 19.2 Å². The monoisotopic (exact) mass is 547 g/mol. The molecule has 0 radical (unpaired) electrons. The molecule has 10 rings (SSSR count). The van der Waals surface area contributed by atoms with E-state index in [2.05, 4.69) is 51.2 Å². The molecular weight excluding hydrogens is 505 g/mol. The normalized spacial score (nSPS) is 36.7. The van der Waals surface area contributed by atoms with Crippen LogP contribution in [0.15, 0.2) is 28.8 Å². The molecular formula is C32H42FN5O2. The first-order valence-corrected chi connectivity index (χ1v) is 15.6. The van der Waals surface area contributed by atoms with Gasteiger partial charge in [-0.1, -0.05) is 11.2 Å². The first-order valence-electron chi connectivity index (χ1n) is 15.6. The minimum absolute atomic E-state index is 0.0132. The second kappa shape index (κ2) is 8.76. The van der Waals surface area contributed by atoms with Gasteiger partial charge in [-0.2, -0.15) is 4.98 Å². The summed E-state index contributed by atoms with van der Waals surface area (Å²) in [6, 6.07) is 8.63. The van der Waals surface area contributed by atoms with E-state index in [9.17, 15) is 9.18 Å². The van der Waals surface area contributed by atoms with Gasteiger partial charge in [0.25, 0.3) is 0 Å². The molecule has 1 aliphatic heterocycles. The predicted molar refractivity (Wildman–Crippen MR) is 151 cm³/mol. The third-order valence-electron chi connectivity index (χ3n) is 11.6. The van der Waals surface area contributed by atoms with Crippen molar-refractivity contribution in [2.75, 3.05) is 49.6 Å². The molecule has 7 aliphatic carbocycles. The van der Waals surface area contributed by atoms with Crippen molar-refractivity contribution in [3.05, 3.63) is 36.0 Å². The van der Waals surface area contributed by atoms with Crippen LogP contribution in [0.3, 0.4) is 0 Å². The molecule has 8 aliphatic rings. The molecule has 7 saturated carbocycles. The van der Waals surface area contributed by atoms with Gasteiger partial charge in [0.05, 0.1) is 0 Å². The molecule has 0 spiro atoms. The predicted octanol–water partition coefficient (Wildman–Crippen LogP) is 5.61. The highest BCUT2D eigenvalue weighted by Crippen LogP contribution is 2.71. The third kappa shape index (κ3) is 4.19. The van der Waals surface area contributed by atoms with E-state index < -0.39 is 5.67 Å². The molecule has 2 heterocycles. The number of hydrogen-bond donors (Lipinski definition) is 0. The summed E-state index contributed by atoms with van der Waals surface area (Å²) in [4.78, 5) is 25.8. The second-order valence-electron chi connectivity index (χ2n) is 14.7. The SMILES string of the molecule is CN1CCN(c2cccc(N(CC34CCC(c5nc(C6CC6)no5)(CC3)CC4)C(=O)CC34CC(F)(C3)C4)c2)CC1. The van der Waals surface area contributed by atoms with E-state index in [0.29, 0.717) is 31.6 Å². The Morgan fingerprint density at radius 2 is 1.73 bits per heavy atom. The van der Waals surface area contributed by atoms with Gasteiger partial charge in [0, 0.05) is 61.9 Å². The Bertz CT molecular complexity index is 1270. The lowest BCUT2D eigenvalue weighted by molar-refractivity contribution is -0.215. The van der Waals surface area contributed by atoms with Crippen molar-refractivity contribution < 1.29 is 13.7 Å². The fourth-order valence-electron chi connectivity index (χ4n) is 8.82. The third-order valence-corrected chi connectivity index (χ3v) is 11.6. The number of amides is 1. The average Bonchev–Trinajstić information content (AvgIpc) is 3.67. The highest BCUT2D eigenvalue weighted by atomic mass is 19.1. The quantitative estimate of drug-likeness (QED) is 0.428. The van der Waals surface area contributed by atoms with Crippen molar-refractivity contribution in [2.24, 2.45) is 10.8 Å². The molecule has 4 bridgehead atoms. The highest BCUT2D eigenvalue weighted by molar-refractivity contribution is 5.94. The summed E-state index contributed by atoms with van der Waals surface area (Å²) in [6.45, 7) is 4.85. The van der Waals surface area contributed by atoms with E-state index >= 15 is 0 Å². The molecule has 1 saturated heterocycles. The Hall–Kier alpha value is -2.48. The van der Waals surface area contributed by atoms with Crippen LogP contribution in [0.5, 0.6) is 0 Å². The Balaban J connectivity index is 1.03. The zero-order chi connectivity index (χ0) is 27.2. The van der Waals surface area contributed by atoms with Crippen LogP contribution in [0.4, 0.5) is 15.8 Å². The number of aromatic nitrogens is 2. The number of carbonyl (C=O) groups excluding carboxylic acids is 1. The van der Waals surface area contributed by atoms with Crippen molar-refractivity contribution in [3.8, 4) is 0 Å². The fourth-order valence-corrected chi connectivity index (χ4v) is 8.82. The lowest BCUT2D eigenvalue weighted by atomic mass is 9.41. The highest BCUT2D eigenvalue weighted by Gasteiger charge is 2.69. The van der Waals surface area contributed by atoms with E-state index in [0.717, 1.165) is 88.7 Å². The van der Waals surface area contributed by atoms with Crippen LogP contribution in [0.2, 0.25) is 0 Å². The van der Waals surface area contributed by atoms with E-state index in [1.54, 1.807) is 0 Å². The maximum absolute atomic E-state index is 14.3. The summed E-state index contributed by atoms with van der Waals surface area (Å²) in [7, 11) is 2.17. The topological polar surface area (TPSA) is 65.7 Å². The van der Waals surface area contributed by atoms with Gasteiger partial charge >= 0.3 is 0 Å². The second-order valence-corrected chi connectivity index (χ2v) is 14.7. The van der Waals surface area contributed by atoms with E-state index in [1.807, 2.05) is 0 Å². The lowest BCUT2D eigenvalue weighted by Gasteiger charge is -2.66. The minimum Gasteiger partial charge on any atom is -0.369 e. The summed E-state index contributed by atoms with van der Waals surface area (Å²) < 4.78 is 20.2. The van der Waals surface area contributed by atoms with Crippen molar-refractivity contribution >= 4 is 17.3 Å². The molecule has 1 aromatic carbocycles. The van der Waals surface area contributed by atoms with Gasteiger partial charge in [-0.3, -0.25) is 4.79 Å².